The number of nitrogens with zero attached hydrogens (tertiary/aromatic N) is 5. The number of benzene rings is 1. The predicted molar refractivity (Wildman–Crippen MR) is 77.0 cm³/mol. The van der Waals surface area contributed by atoms with Crippen molar-refractivity contribution in [2.75, 3.05) is 13.1 Å². The van der Waals surface area contributed by atoms with Gasteiger partial charge in [-0.1, -0.05) is 18.6 Å². The number of piperidine rings is 1. The van der Waals surface area contributed by atoms with E-state index in [4.69, 9.17) is 0 Å². The minimum absolute atomic E-state index is 0.147. The van der Waals surface area contributed by atoms with Crippen molar-refractivity contribution in [2.24, 2.45) is 0 Å². The Morgan fingerprint density at radius 1 is 1.24 bits per heavy atom. The highest BCUT2D eigenvalue weighted by atomic mass is 19.1. The summed E-state index contributed by atoms with van der Waals surface area (Å²) in [5.74, 6) is -0.147. The lowest BCUT2D eigenvalue weighted by Crippen LogP contribution is -2.34. The van der Waals surface area contributed by atoms with Gasteiger partial charge in [-0.3, -0.25) is 4.90 Å². The van der Waals surface area contributed by atoms with Crippen LogP contribution >= 0.6 is 0 Å². The van der Waals surface area contributed by atoms with E-state index in [0.29, 0.717) is 6.04 Å². The monoisotopic (exact) mass is 289 g/mol. The molecule has 0 aliphatic carbocycles. The first kappa shape index (κ1) is 14.1. The highest BCUT2D eigenvalue weighted by Gasteiger charge is 2.23. The Hall–Kier alpha value is -1.82. The fourth-order valence-corrected chi connectivity index (χ4v) is 3.07. The van der Waals surface area contributed by atoms with E-state index in [1.165, 1.54) is 18.9 Å². The van der Waals surface area contributed by atoms with Crippen LogP contribution in [0.1, 0.15) is 37.3 Å². The Bertz CT molecular complexity index is 557. The molecule has 6 heteroatoms. The second-order valence-electron chi connectivity index (χ2n) is 5.53. The minimum Gasteiger partial charge on any atom is -0.296 e. The van der Waals surface area contributed by atoms with Crippen LogP contribution in [0.2, 0.25) is 0 Å². The lowest BCUT2D eigenvalue weighted by Gasteiger charge is -2.36. The Balaban J connectivity index is 1.61. The maximum Gasteiger partial charge on any atom is 0.138 e. The van der Waals surface area contributed by atoms with Gasteiger partial charge in [-0.15, -0.1) is 5.10 Å². The number of halogens is 1. The third-order valence-electron chi connectivity index (χ3n) is 4.07. The average molecular weight is 289 g/mol. The Labute approximate surface area is 123 Å². The number of aryl methyl sites for hydroxylation is 1. The van der Waals surface area contributed by atoms with E-state index < -0.39 is 0 Å². The summed E-state index contributed by atoms with van der Waals surface area (Å²) < 4.78 is 15.2. The highest BCUT2D eigenvalue weighted by molar-refractivity contribution is 5.20. The van der Waals surface area contributed by atoms with Crippen molar-refractivity contribution < 1.29 is 4.39 Å². The summed E-state index contributed by atoms with van der Waals surface area (Å²) in [6, 6.07) is 7.35. The molecular weight excluding hydrogens is 269 g/mol. The van der Waals surface area contributed by atoms with Gasteiger partial charge in [-0.05, 0) is 53.9 Å². The number of likely N-dealkylation sites (tertiary alicyclic amines) is 1. The molecular formula is C15H20FN5. The van der Waals surface area contributed by atoms with E-state index in [9.17, 15) is 4.39 Å². The fourth-order valence-electron chi connectivity index (χ4n) is 3.07. The van der Waals surface area contributed by atoms with Crippen LogP contribution in [0.15, 0.2) is 30.6 Å². The van der Waals surface area contributed by atoms with Gasteiger partial charge >= 0.3 is 0 Å². The minimum atomic E-state index is -0.147. The Morgan fingerprint density at radius 2 is 2.19 bits per heavy atom. The summed E-state index contributed by atoms with van der Waals surface area (Å²) in [7, 11) is 0. The molecule has 2 heterocycles. The second-order valence-corrected chi connectivity index (χ2v) is 5.53. The molecule has 1 atom stereocenters. The van der Waals surface area contributed by atoms with Gasteiger partial charge in [0.1, 0.15) is 12.1 Å². The lowest BCUT2D eigenvalue weighted by atomic mass is 9.95. The molecule has 112 valence electrons. The Kier molecular flexibility index (Phi) is 4.55. The van der Waals surface area contributed by atoms with Crippen LogP contribution in [-0.4, -0.2) is 38.2 Å². The summed E-state index contributed by atoms with van der Waals surface area (Å²) >= 11 is 0. The zero-order valence-corrected chi connectivity index (χ0v) is 12.0. The van der Waals surface area contributed by atoms with Crippen molar-refractivity contribution in [3.05, 3.63) is 42.0 Å². The topological polar surface area (TPSA) is 46.8 Å². The van der Waals surface area contributed by atoms with Gasteiger partial charge in [0.05, 0.1) is 0 Å². The molecule has 3 rings (SSSR count). The third kappa shape index (κ3) is 3.64. The number of aromatic nitrogens is 4. The molecule has 0 bridgehead atoms. The van der Waals surface area contributed by atoms with Crippen LogP contribution in [-0.2, 0) is 6.54 Å². The van der Waals surface area contributed by atoms with Crippen molar-refractivity contribution in [2.45, 2.75) is 38.3 Å². The number of hydrogen-bond acceptors (Lipinski definition) is 4. The molecule has 21 heavy (non-hydrogen) atoms. The summed E-state index contributed by atoms with van der Waals surface area (Å²) in [5.41, 5.74) is 1.09. The lowest BCUT2D eigenvalue weighted by molar-refractivity contribution is 0.144. The quantitative estimate of drug-likeness (QED) is 0.848. The van der Waals surface area contributed by atoms with Gasteiger partial charge in [0.15, 0.2) is 0 Å². The van der Waals surface area contributed by atoms with Crippen LogP contribution in [0.25, 0.3) is 0 Å². The van der Waals surface area contributed by atoms with Crippen molar-refractivity contribution in [1.82, 2.24) is 25.1 Å². The number of tetrazole rings is 1. The summed E-state index contributed by atoms with van der Waals surface area (Å²) in [6.45, 7) is 2.89. The SMILES string of the molecule is Fc1cccc([C@H]2CCCCN2CCCn2cnnn2)c1. The molecule has 1 saturated heterocycles. The molecule has 0 N–H and O–H groups in total. The van der Waals surface area contributed by atoms with E-state index in [0.717, 1.165) is 38.0 Å². The second kappa shape index (κ2) is 6.76. The van der Waals surface area contributed by atoms with Gasteiger partial charge in [-0.2, -0.15) is 0 Å². The van der Waals surface area contributed by atoms with Gasteiger partial charge in [0.25, 0.3) is 0 Å². The maximum absolute atomic E-state index is 13.4. The maximum atomic E-state index is 13.4. The van der Waals surface area contributed by atoms with Gasteiger partial charge in [0.2, 0.25) is 0 Å². The fraction of sp³-hybridized carbons (Fsp3) is 0.533. The van der Waals surface area contributed by atoms with Crippen LogP contribution in [0, 0.1) is 5.82 Å². The van der Waals surface area contributed by atoms with Crippen molar-refractivity contribution in [3.63, 3.8) is 0 Å². The molecule has 0 radical (unpaired) electrons. The molecule has 2 aromatic rings. The number of rotatable bonds is 5. The summed E-state index contributed by atoms with van der Waals surface area (Å²) in [5, 5.41) is 11.1. The van der Waals surface area contributed by atoms with E-state index in [-0.39, 0.29) is 5.82 Å². The molecule has 1 aromatic carbocycles. The van der Waals surface area contributed by atoms with Crippen molar-refractivity contribution in [3.8, 4) is 0 Å². The molecule has 5 nitrogen and oxygen atoms in total. The molecule has 1 aliphatic heterocycles. The Morgan fingerprint density at radius 3 is 3.00 bits per heavy atom. The molecule has 0 saturated carbocycles. The van der Waals surface area contributed by atoms with Crippen molar-refractivity contribution in [1.29, 1.82) is 0 Å². The van der Waals surface area contributed by atoms with E-state index >= 15 is 0 Å². The molecule has 0 amide bonds. The summed E-state index contributed by atoms with van der Waals surface area (Å²) in [6.07, 6.45) is 6.17. The molecule has 1 fully saturated rings. The first-order chi connectivity index (χ1) is 10.3. The van der Waals surface area contributed by atoms with E-state index in [1.807, 2.05) is 6.07 Å². The van der Waals surface area contributed by atoms with Gasteiger partial charge in [-0.25, -0.2) is 9.07 Å². The van der Waals surface area contributed by atoms with Gasteiger partial charge in [0, 0.05) is 19.1 Å². The first-order valence-corrected chi connectivity index (χ1v) is 7.53. The normalized spacial score (nSPS) is 19.8. The molecule has 1 aliphatic rings. The average Bonchev–Trinajstić information content (AvgIpc) is 3.01. The van der Waals surface area contributed by atoms with Crippen LogP contribution in [0.3, 0.4) is 0 Å². The van der Waals surface area contributed by atoms with Crippen molar-refractivity contribution >= 4 is 0 Å². The van der Waals surface area contributed by atoms with Gasteiger partial charge < -0.3 is 0 Å². The third-order valence-corrected chi connectivity index (χ3v) is 4.07. The van der Waals surface area contributed by atoms with E-state index in [2.05, 4.69) is 20.4 Å². The standard InChI is InChI=1S/C15H20FN5/c16-14-6-3-5-13(11-14)15-7-1-2-8-20(15)9-4-10-21-12-17-18-19-21/h3,5-6,11-12,15H,1-2,4,7-10H2/t15-/m1/s1. The van der Waals surface area contributed by atoms with Crippen LogP contribution < -0.4 is 0 Å². The van der Waals surface area contributed by atoms with Crippen LogP contribution in [0.5, 0.6) is 0 Å². The highest BCUT2D eigenvalue weighted by Crippen LogP contribution is 2.31. The largest absolute Gasteiger partial charge is 0.296 e. The smallest absolute Gasteiger partial charge is 0.138 e. The zero-order chi connectivity index (χ0) is 14.5. The van der Waals surface area contributed by atoms with E-state index in [1.54, 1.807) is 23.1 Å². The first-order valence-electron chi connectivity index (χ1n) is 7.53. The summed E-state index contributed by atoms with van der Waals surface area (Å²) in [4.78, 5) is 2.46. The predicted octanol–water partition coefficient (Wildman–Crippen LogP) is 2.43. The molecule has 0 spiro atoms. The molecule has 0 unspecified atom stereocenters. The molecule has 1 aromatic heterocycles. The number of hydrogen-bond donors (Lipinski definition) is 0. The zero-order valence-electron chi connectivity index (χ0n) is 12.0. The van der Waals surface area contributed by atoms with Crippen LogP contribution in [0.4, 0.5) is 4.39 Å².